The molecular weight excluding hydrogens is 268 g/mol. The van der Waals surface area contributed by atoms with E-state index in [1.165, 1.54) is 11.9 Å². The number of carboxylic acid groups (broad SMARTS) is 1. The minimum Gasteiger partial charge on any atom is -0.476 e. The molecule has 2 heterocycles. The summed E-state index contributed by atoms with van der Waals surface area (Å²) in [6, 6.07) is 10.3. The quantitative estimate of drug-likeness (QED) is 0.921. The second-order valence-electron chi connectivity index (χ2n) is 4.88. The molecule has 6 nitrogen and oxygen atoms in total. The summed E-state index contributed by atoms with van der Waals surface area (Å²) in [4.78, 5) is 23.4. The predicted molar refractivity (Wildman–Crippen MR) is 79.9 cm³/mol. The molecule has 3 rings (SSSR count). The first-order valence-corrected chi connectivity index (χ1v) is 6.84. The lowest BCUT2D eigenvalue weighted by atomic mass is 10.2. The Morgan fingerprint density at radius 1 is 1.00 bits per heavy atom. The van der Waals surface area contributed by atoms with Gasteiger partial charge < -0.3 is 14.9 Å². The standard InChI is InChI=1S/C15H16N4O2/c20-15(21)13-10-16-11-14(17-13)19-8-6-18(7-9-19)12-4-2-1-3-5-12/h1-5,10-11H,6-9H2,(H,20,21). The van der Waals surface area contributed by atoms with E-state index in [0.717, 1.165) is 26.2 Å². The van der Waals surface area contributed by atoms with Gasteiger partial charge in [-0.3, -0.25) is 4.98 Å². The Balaban J connectivity index is 1.68. The first kappa shape index (κ1) is 13.4. The molecule has 6 heteroatoms. The zero-order valence-corrected chi connectivity index (χ0v) is 11.5. The molecule has 108 valence electrons. The van der Waals surface area contributed by atoms with Gasteiger partial charge in [-0.15, -0.1) is 0 Å². The van der Waals surface area contributed by atoms with Crippen molar-refractivity contribution >= 4 is 17.5 Å². The molecule has 2 aromatic rings. The predicted octanol–water partition coefficient (Wildman–Crippen LogP) is 1.50. The third-order valence-corrected chi connectivity index (χ3v) is 3.57. The minimum absolute atomic E-state index is 0.0158. The first-order chi connectivity index (χ1) is 10.2. The van der Waals surface area contributed by atoms with Crippen molar-refractivity contribution in [2.24, 2.45) is 0 Å². The molecule has 0 spiro atoms. The van der Waals surface area contributed by atoms with Crippen LogP contribution in [0.5, 0.6) is 0 Å². The maximum atomic E-state index is 10.9. The van der Waals surface area contributed by atoms with E-state index in [4.69, 9.17) is 5.11 Å². The number of carbonyl (C=O) groups is 1. The van der Waals surface area contributed by atoms with Crippen LogP contribution in [0.2, 0.25) is 0 Å². The summed E-state index contributed by atoms with van der Waals surface area (Å²) in [5, 5.41) is 8.97. The van der Waals surface area contributed by atoms with Crippen molar-refractivity contribution in [2.75, 3.05) is 36.0 Å². The normalized spacial score (nSPS) is 15.0. The van der Waals surface area contributed by atoms with Gasteiger partial charge >= 0.3 is 5.97 Å². The van der Waals surface area contributed by atoms with Gasteiger partial charge in [-0.25, -0.2) is 9.78 Å². The molecule has 21 heavy (non-hydrogen) atoms. The van der Waals surface area contributed by atoms with Crippen LogP contribution in [0, 0.1) is 0 Å². The number of aromatic carboxylic acids is 1. The average molecular weight is 284 g/mol. The number of hydrogen-bond donors (Lipinski definition) is 1. The van der Waals surface area contributed by atoms with Crippen LogP contribution in [-0.4, -0.2) is 47.2 Å². The Hall–Kier alpha value is -2.63. The zero-order valence-electron chi connectivity index (χ0n) is 11.5. The summed E-state index contributed by atoms with van der Waals surface area (Å²) >= 11 is 0. The summed E-state index contributed by atoms with van der Waals surface area (Å²) < 4.78 is 0. The van der Waals surface area contributed by atoms with Gasteiger partial charge in [-0.1, -0.05) is 18.2 Å². The maximum absolute atomic E-state index is 10.9. The summed E-state index contributed by atoms with van der Waals surface area (Å²) in [6.07, 6.45) is 2.89. The minimum atomic E-state index is -1.05. The number of para-hydroxylation sites is 1. The van der Waals surface area contributed by atoms with Crippen LogP contribution in [0.3, 0.4) is 0 Å². The van der Waals surface area contributed by atoms with Gasteiger partial charge in [0.1, 0.15) is 5.82 Å². The summed E-state index contributed by atoms with van der Waals surface area (Å²) in [5.74, 6) is -0.421. The molecule has 0 radical (unpaired) electrons. The van der Waals surface area contributed by atoms with Crippen molar-refractivity contribution in [1.82, 2.24) is 9.97 Å². The van der Waals surface area contributed by atoms with E-state index < -0.39 is 5.97 Å². The summed E-state index contributed by atoms with van der Waals surface area (Å²) in [6.45, 7) is 3.35. The largest absolute Gasteiger partial charge is 0.476 e. The molecule has 1 N–H and O–H groups in total. The van der Waals surface area contributed by atoms with Crippen LogP contribution in [-0.2, 0) is 0 Å². The Kier molecular flexibility index (Phi) is 3.68. The van der Waals surface area contributed by atoms with Crippen LogP contribution in [0.15, 0.2) is 42.7 Å². The lowest BCUT2D eigenvalue weighted by Crippen LogP contribution is -2.47. The van der Waals surface area contributed by atoms with E-state index in [9.17, 15) is 4.79 Å². The number of nitrogens with zero attached hydrogens (tertiary/aromatic N) is 4. The van der Waals surface area contributed by atoms with E-state index in [-0.39, 0.29) is 5.69 Å². The van der Waals surface area contributed by atoms with Crippen LogP contribution in [0.25, 0.3) is 0 Å². The van der Waals surface area contributed by atoms with E-state index >= 15 is 0 Å². The molecule has 0 amide bonds. The number of piperazine rings is 1. The van der Waals surface area contributed by atoms with Gasteiger partial charge in [0.25, 0.3) is 0 Å². The molecule has 1 aromatic carbocycles. The second kappa shape index (κ2) is 5.78. The van der Waals surface area contributed by atoms with Gasteiger partial charge in [0.05, 0.1) is 12.4 Å². The van der Waals surface area contributed by atoms with Crippen LogP contribution >= 0.6 is 0 Å². The number of carboxylic acids is 1. The van der Waals surface area contributed by atoms with E-state index in [2.05, 4.69) is 31.9 Å². The van der Waals surface area contributed by atoms with Crippen LogP contribution in [0.4, 0.5) is 11.5 Å². The molecule has 0 bridgehead atoms. The highest BCUT2D eigenvalue weighted by atomic mass is 16.4. The molecule has 1 aromatic heterocycles. The molecular formula is C15H16N4O2. The lowest BCUT2D eigenvalue weighted by molar-refractivity contribution is 0.0690. The number of anilines is 2. The van der Waals surface area contributed by atoms with Crippen molar-refractivity contribution in [1.29, 1.82) is 0 Å². The van der Waals surface area contributed by atoms with E-state index in [1.807, 2.05) is 18.2 Å². The van der Waals surface area contributed by atoms with Crippen molar-refractivity contribution in [3.05, 3.63) is 48.4 Å². The highest BCUT2D eigenvalue weighted by molar-refractivity contribution is 5.85. The molecule has 0 saturated carbocycles. The van der Waals surface area contributed by atoms with Gasteiger partial charge in [0.15, 0.2) is 5.69 Å². The van der Waals surface area contributed by atoms with Crippen molar-refractivity contribution in [3.8, 4) is 0 Å². The zero-order chi connectivity index (χ0) is 14.7. The summed E-state index contributed by atoms with van der Waals surface area (Å²) in [5.41, 5.74) is 1.19. The number of hydrogen-bond acceptors (Lipinski definition) is 5. The fourth-order valence-corrected chi connectivity index (χ4v) is 2.44. The Labute approximate surface area is 122 Å². The average Bonchev–Trinajstić information content (AvgIpc) is 2.56. The molecule has 1 aliphatic heterocycles. The Bertz CT molecular complexity index is 625. The van der Waals surface area contributed by atoms with E-state index in [0.29, 0.717) is 5.82 Å². The number of benzene rings is 1. The molecule has 1 aliphatic rings. The van der Waals surface area contributed by atoms with Crippen molar-refractivity contribution < 1.29 is 9.90 Å². The molecule has 0 atom stereocenters. The van der Waals surface area contributed by atoms with Gasteiger partial charge in [-0.05, 0) is 12.1 Å². The number of rotatable bonds is 3. The third kappa shape index (κ3) is 2.94. The van der Waals surface area contributed by atoms with Crippen LogP contribution < -0.4 is 9.80 Å². The first-order valence-electron chi connectivity index (χ1n) is 6.84. The van der Waals surface area contributed by atoms with Crippen molar-refractivity contribution in [3.63, 3.8) is 0 Å². The smallest absolute Gasteiger partial charge is 0.356 e. The van der Waals surface area contributed by atoms with Gasteiger partial charge in [0, 0.05) is 31.9 Å². The number of aromatic nitrogens is 2. The van der Waals surface area contributed by atoms with Crippen LogP contribution in [0.1, 0.15) is 10.5 Å². The summed E-state index contributed by atoms with van der Waals surface area (Å²) in [7, 11) is 0. The highest BCUT2D eigenvalue weighted by Gasteiger charge is 2.19. The van der Waals surface area contributed by atoms with Gasteiger partial charge in [0.2, 0.25) is 0 Å². The Morgan fingerprint density at radius 2 is 1.67 bits per heavy atom. The second-order valence-corrected chi connectivity index (χ2v) is 4.88. The topological polar surface area (TPSA) is 69.6 Å². The highest BCUT2D eigenvalue weighted by Crippen LogP contribution is 2.18. The monoisotopic (exact) mass is 284 g/mol. The SMILES string of the molecule is O=C(O)c1cncc(N2CCN(c3ccccc3)CC2)n1. The molecule has 1 saturated heterocycles. The fourth-order valence-electron chi connectivity index (χ4n) is 2.44. The molecule has 1 fully saturated rings. The fraction of sp³-hybridized carbons (Fsp3) is 0.267. The Morgan fingerprint density at radius 3 is 2.33 bits per heavy atom. The maximum Gasteiger partial charge on any atom is 0.356 e. The lowest BCUT2D eigenvalue weighted by Gasteiger charge is -2.36. The van der Waals surface area contributed by atoms with E-state index in [1.54, 1.807) is 6.20 Å². The molecule has 0 aliphatic carbocycles. The van der Waals surface area contributed by atoms with Gasteiger partial charge in [-0.2, -0.15) is 0 Å². The van der Waals surface area contributed by atoms with Crippen molar-refractivity contribution in [2.45, 2.75) is 0 Å². The molecule has 0 unspecified atom stereocenters. The third-order valence-electron chi connectivity index (χ3n) is 3.57.